The molecule has 3 unspecified atom stereocenters. The molecule has 0 spiro atoms. The second-order valence-electron chi connectivity index (χ2n) is 24.3. The zero-order valence-corrected chi connectivity index (χ0v) is 52.8. The van der Waals surface area contributed by atoms with E-state index < -0.39 is 32.9 Å². The van der Waals surface area contributed by atoms with E-state index in [2.05, 4.69) is 60.9 Å². The lowest BCUT2D eigenvalue weighted by molar-refractivity contribution is 0.225. The van der Waals surface area contributed by atoms with Crippen LogP contribution in [0.15, 0.2) is 111 Å². The van der Waals surface area contributed by atoms with Gasteiger partial charge in [-0.3, -0.25) is 24.0 Å². The fourth-order valence-electron chi connectivity index (χ4n) is 11.8. The number of aromatic amines is 2. The molecule has 1 saturated heterocycles. The van der Waals surface area contributed by atoms with E-state index in [-0.39, 0.29) is 41.1 Å². The number of aromatic nitrogens is 6. The summed E-state index contributed by atoms with van der Waals surface area (Å²) in [5.74, 6) is 3.04. The molecule has 2 fully saturated rings. The lowest BCUT2D eigenvalue weighted by Crippen LogP contribution is -2.47. The molecule has 1 saturated carbocycles. The summed E-state index contributed by atoms with van der Waals surface area (Å²) in [4.78, 5) is 51.7. The highest BCUT2D eigenvalue weighted by atomic mass is 35.5. The zero-order chi connectivity index (χ0) is 62.4. The number of nitrogens with one attached hydrogen (secondary N) is 3. The average molecular weight is 1280 g/mol. The molecule has 3 aliphatic rings. The Hall–Kier alpha value is -7.23. The van der Waals surface area contributed by atoms with Crippen molar-refractivity contribution >= 4 is 66.8 Å². The molecule has 8 aromatic rings. The summed E-state index contributed by atoms with van der Waals surface area (Å²) in [6.07, 6.45) is 13.4. The van der Waals surface area contributed by atoms with Crippen LogP contribution in [-0.2, 0) is 29.2 Å². The van der Waals surface area contributed by atoms with Crippen LogP contribution in [0.3, 0.4) is 0 Å². The SMILES string of the molecule is C.CC(N)=NCCC1CS(=O)(=O)CC(c2ccc(-n3cc4cc(-c5cc(CCCC(C)C)cc(Cl)c5F)[nH]c4nc3=O)cc2)N1.CC(N)=NCCCN1CCOc2cc(-n3cc4cc(-c5cc(CCCC(C)C6CC6)cc(Cl)c5F)[nH]c4nc3=O)ccc2C1. The van der Waals surface area contributed by atoms with Gasteiger partial charge in [0.1, 0.15) is 23.7 Å². The van der Waals surface area contributed by atoms with Gasteiger partial charge in [-0.1, -0.05) is 82.4 Å². The predicted molar refractivity (Wildman–Crippen MR) is 356 cm³/mol. The topological polar surface area (TPSA) is 237 Å². The Balaban J connectivity index is 0.000000209. The number of aliphatic imine (C=N–C) groups is 2. The quantitative estimate of drug-likeness (QED) is 0.0258. The van der Waals surface area contributed by atoms with Gasteiger partial charge in [-0.2, -0.15) is 9.97 Å². The van der Waals surface area contributed by atoms with Crippen LogP contribution < -0.4 is 32.9 Å². The molecular weight excluding hydrogens is 1190 g/mol. The molecule has 6 heterocycles. The molecule has 1 aliphatic carbocycles. The van der Waals surface area contributed by atoms with Crippen LogP contribution in [-0.4, -0.2) is 104 Å². The first-order valence-electron chi connectivity index (χ1n) is 30.4. The fourth-order valence-corrected chi connectivity index (χ4v) is 14.1. The molecule has 4 aromatic heterocycles. The summed E-state index contributed by atoms with van der Waals surface area (Å²) in [5, 5.41) is 4.90. The van der Waals surface area contributed by atoms with Crippen molar-refractivity contribution in [3.63, 3.8) is 0 Å². The summed E-state index contributed by atoms with van der Waals surface area (Å²) in [6.45, 7) is 14.3. The van der Waals surface area contributed by atoms with Crippen molar-refractivity contribution in [1.82, 2.24) is 39.3 Å². The molecule has 0 bridgehead atoms. The highest BCUT2D eigenvalue weighted by Gasteiger charge is 2.32. The molecule has 89 heavy (non-hydrogen) atoms. The average Bonchev–Trinajstić information content (AvgIpc) is 3.29. The van der Waals surface area contributed by atoms with Gasteiger partial charge in [0.25, 0.3) is 0 Å². The molecule has 22 heteroatoms. The first-order chi connectivity index (χ1) is 42.1. The number of hydrogen-bond donors (Lipinski definition) is 5. The van der Waals surface area contributed by atoms with Gasteiger partial charge in [0.2, 0.25) is 0 Å². The number of halogens is 4. The molecule has 2 aliphatic heterocycles. The van der Waals surface area contributed by atoms with Crippen LogP contribution in [0.2, 0.25) is 10.0 Å². The van der Waals surface area contributed by atoms with E-state index in [1.54, 1.807) is 62.6 Å². The smallest absolute Gasteiger partial charge is 0.354 e. The van der Waals surface area contributed by atoms with Crippen molar-refractivity contribution in [2.75, 3.05) is 44.3 Å². The first kappa shape index (κ1) is 66.2. The van der Waals surface area contributed by atoms with E-state index in [1.165, 1.54) is 22.0 Å². The third-order valence-corrected chi connectivity index (χ3v) is 19.0. The van der Waals surface area contributed by atoms with Crippen molar-refractivity contribution in [3.05, 3.63) is 156 Å². The number of hydrogen-bond acceptors (Lipinski definition) is 11. The number of aryl methyl sites for hydroxylation is 2. The normalized spacial score (nSPS) is 17.4. The third kappa shape index (κ3) is 17.0. The van der Waals surface area contributed by atoms with E-state index >= 15 is 8.78 Å². The first-order valence-corrected chi connectivity index (χ1v) is 33.0. The van der Waals surface area contributed by atoms with Gasteiger partial charge in [-0.25, -0.2) is 26.8 Å². The van der Waals surface area contributed by atoms with Crippen LogP contribution in [0.5, 0.6) is 5.75 Å². The number of fused-ring (bicyclic) bond motifs is 3. The second-order valence-corrected chi connectivity index (χ2v) is 27.3. The molecule has 474 valence electrons. The Labute approximate surface area is 529 Å². The maximum Gasteiger partial charge on any atom is 0.354 e. The van der Waals surface area contributed by atoms with Gasteiger partial charge in [0, 0.05) is 90.7 Å². The minimum Gasteiger partial charge on any atom is -0.492 e. The van der Waals surface area contributed by atoms with E-state index in [9.17, 15) is 18.0 Å². The third-order valence-electron chi connectivity index (χ3n) is 16.7. The van der Waals surface area contributed by atoms with Crippen LogP contribution in [0.1, 0.15) is 122 Å². The van der Waals surface area contributed by atoms with E-state index in [0.29, 0.717) is 99.7 Å². The Morgan fingerprint density at radius 3 is 1.88 bits per heavy atom. The highest BCUT2D eigenvalue weighted by molar-refractivity contribution is 7.91. The van der Waals surface area contributed by atoms with Gasteiger partial charge in [-0.05, 0) is 154 Å². The van der Waals surface area contributed by atoms with Crippen molar-refractivity contribution < 1.29 is 21.9 Å². The Morgan fingerprint density at radius 2 is 1.30 bits per heavy atom. The molecule has 11 rings (SSSR count). The van der Waals surface area contributed by atoms with E-state index in [1.807, 2.05) is 42.5 Å². The van der Waals surface area contributed by atoms with Crippen molar-refractivity contribution in [1.29, 1.82) is 0 Å². The lowest BCUT2D eigenvalue weighted by atomic mass is 9.96. The maximum atomic E-state index is 15.3. The number of sulfone groups is 1. The van der Waals surface area contributed by atoms with Gasteiger partial charge < -0.3 is 31.5 Å². The summed E-state index contributed by atoms with van der Waals surface area (Å²) in [5.41, 5.74) is 17.8. The number of nitrogens with zero attached hydrogens (tertiary/aromatic N) is 7. The van der Waals surface area contributed by atoms with Gasteiger partial charge >= 0.3 is 11.4 Å². The summed E-state index contributed by atoms with van der Waals surface area (Å²) in [7, 11) is -3.26. The molecule has 0 radical (unpaired) electrons. The number of benzene rings is 4. The highest BCUT2D eigenvalue weighted by Crippen LogP contribution is 2.40. The number of ether oxygens (including phenoxy) is 1. The monoisotopic (exact) mass is 1270 g/mol. The van der Waals surface area contributed by atoms with Gasteiger partial charge in [0.15, 0.2) is 21.5 Å². The van der Waals surface area contributed by atoms with E-state index in [0.717, 1.165) is 104 Å². The molecule has 4 aromatic carbocycles. The summed E-state index contributed by atoms with van der Waals surface area (Å²) >= 11 is 12.6. The Morgan fingerprint density at radius 1 is 0.742 bits per heavy atom. The number of nitrogens with two attached hydrogens (primary N) is 2. The number of rotatable bonds is 21. The second kappa shape index (κ2) is 29.2. The zero-order valence-electron chi connectivity index (χ0n) is 50.5. The molecule has 17 nitrogen and oxygen atoms in total. The molecule has 3 atom stereocenters. The minimum absolute atomic E-state index is 0. The lowest BCUT2D eigenvalue weighted by Gasteiger charge is -2.31. The van der Waals surface area contributed by atoms with Crippen molar-refractivity contribution in [3.8, 4) is 39.6 Å². The van der Waals surface area contributed by atoms with Crippen LogP contribution >= 0.6 is 23.2 Å². The van der Waals surface area contributed by atoms with Crippen molar-refractivity contribution in [2.24, 2.45) is 39.2 Å². The number of amidine groups is 2. The fraction of sp³-hybridized carbons (Fsp3) is 0.433. The van der Waals surface area contributed by atoms with Crippen LogP contribution in [0, 0.1) is 29.4 Å². The maximum absolute atomic E-state index is 15.3. The van der Waals surface area contributed by atoms with Gasteiger partial charge in [-0.15, -0.1) is 0 Å². The molecule has 7 N–H and O–H groups in total. The minimum atomic E-state index is -3.26. The molecule has 0 amide bonds. The Kier molecular flexibility index (Phi) is 21.7. The molecular formula is C67H82Cl2F2N12O5S. The predicted octanol–water partition coefficient (Wildman–Crippen LogP) is 12.5. The van der Waals surface area contributed by atoms with Gasteiger partial charge in [0.05, 0.1) is 56.0 Å². The standard InChI is InChI=1S/C34H40ClFN6O2.C32H38ClFN6O3S.CH4/c1-21(24-7-8-24)5-3-6-23-15-28(32(36)29(35)16-23)30-17-26-20-42(34(43)40-33(26)39-30)27-10-9-25-19-41(12-4-11-38-22(2)37)13-14-44-31(25)18-27;1-19(2)5-4-6-21-13-26(30(34)27(33)14-21)28-15-23-16-40(32(41)39-31(23)38-28)25-9-7-22(8-10-25)29-18-44(42,43)17-24(37-29)11-12-36-20(3)35;/h9-10,15-18,20-21,24H,3-8,11-14,19H2,1-2H3,(H2,37,38)(H,39,40,43);7-10,13-16,19,24,29,37H,4-6,11-12,17-18H2,1-3H3,(H2,35,36)(H,38,39,41);1H4. The summed E-state index contributed by atoms with van der Waals surface area (Å²) in [6, 6.07) is 23.0. The largest absolute Gasteiger partial charge is 0.492 e. The number of H-pyrrole nitrogens is 2. The van der Waals surface area contributed by atoms with E-state index in [4.69, 9.17) is 39.4 Å². The van der Waals surface area contributed by atoms with Crippen LogP contribution in [0.4, 0.5) is 8.78 Å². The van der Waals surface area contributed by atoms with Crippen molar-refractivity contribution in [2.45, 2.75) is 125 Å². The summed E-state index contributed by atoms with van der Waals surface area (Å²) < 4.78 is 64.7. The van der Waals surface area contributed by atoms with Crippen LogP contribution in [0.25, 0.3) is 56.0 Å². The Bertz CT molecular complexity index is 4110.